The van der Waals surface area contributed by atoms with Crippen molar-refractivity contribution in [1.82, 2.24) is 0 Å². The molecular weight excluding hydrogens is 370 g/mol. The Labute approximate surface area is 149 Å². The third-order valence-electron chi connectivity index (χ3n) is 3.65. The summed E-state index contributed by atoms with van der Waals surface area (Å²) in [6, 6.07) is 11.4. The maximum Gasteiger partial charge on any atom is 0.248 e. The van der Waals surface area contributed by atoms with Crippen LogP contribution in [-0.4, -0.2) is 19.1 Å². The van der Waals surface area contributed by atoms with Crippen molar-refractivity contribution in [3.63, 3.8) is 0 Å². The number of benzene rings is 2. The second-order valence-corrected chi connectivity index (χ2v) is 6.45. The molecule has 2 aromatic rings. The van der Waals surface area contributed by atoms with Gasteiger partial charge in [0.05, 0.1) is 13.2 Å². The highest BCUT2D eigenvalue weighted by Crippen LogP contribution is 2.30. The summed E-state index contributed by atoms with van der Waals surface area (Å²) in [7, 11) is 0. The van der Waals surface area contributed by atoms with Gasteiger partial charge in [-0.2, -0.15) is 0 Å². The molecule has 1 heterocycles. The number of nitrogens with one attached hydrogen (secondary N) is 1. The molecule has 0 radical (unpaired) electrons. The molecule has 0 aromatic heterocycles. The number of hydrogen-bond acceptors (Lipinski definition) is 3. The van der Waals surface area contributed by atoms with E-state index in [0.717, 1.165) is 39.2 Å². The third-order valence-corrected chi connectivity index (χ3v) is 4.14. The topological polar surface area (TPSA) is 47.6 Å². The number of ether oxygens (including phenoxy) is 2. The van der Waals surface area contributed by atoms with Crippen molar-refractivity contribution in [1.29, 1.82) is 0 Å². The first-order chi connectivity index (χ1) is 11.6. The van der Waals surface area contributed by atoms with Crippen LogP contribution in [0.25, 0.3) is 6.08 Å². The normalized spacial score (nSPS) is 13.6. The van der Waals surface area contributed by atoms with Crippen molar-refractivity contribution in [3.8, 4) is 11.5 Å². The number of fused-ring (bicyclic) bond motifs is 1. The van der Waals surface area contributed by atoms with E-state index in [1.165, 1.54) is 6.08 Å². The Kier molecular flexibility index (Phi) is 5.20. The van der Waals surface area contributed by atoms with Crippen molar-refractivity contribution in [2.24, 2.45) is 0 Å². The molecule has 0 atom stereocenters. The minimum atomic E-state index is -0.174. The van der Waals surface area contributed by atoms with Crippen LogP contribution in [0.2, 0.25) is 0 Å². The molecule has 0 saturated carbocycles. The van der Waals surface area contributed by atoms with Crippen molar-refractivity contribution in [2.75, 3.05) is 18.5 Å². The second kappa shape index (κ2) is 7.53. The molecule has 0 bridgehead atoms. The number of carbonyl (C=O) groups is 1. The fourth-order valence-electron chi connectivity index (χ4n) is 2.40. The molecule has 1 aliphatic rings. The van der Waals surface area contributed by atoms with Crippen LogP contribution < -0.4 is 14.8 Å². The first-order valence-corrected chi connectivity index (χ1v) is 8.56. The summed E-state index contributed by atoms with van der Waals surface area (Å²) >= 11 is 3.41. The monoisotopic (exact) mass is 387 g/mol. The van der Waals surface area contributed by atoms with E-state index in [1.54, 1.807) is 6.08 Å². The number of aryl methyl sites for hydroxylation is 1. The van der Waals surface area contributed by atoms with Gasteiger partial charge in [0, 0.05) is 22.7 Å². The number of anilines is 1. The molecule has 24 heavy (non-hydrogen) atoms. The SMILES string of the molecule is Cc1cc(Br)ccc1NC(=O)C=Cc1ccc2c(c1)OCCCO2. The summed E-state index contributed by atoms with van der Waals surface area (Å²) in [6.45, 7) is 3.26. The molecule has 3 rings (SSSR count). The number of amides is 1. The summed E-state index contributed by atoms with van der Waals surface area (Å²) in [5.41, 5.74) is 2.69. The van der Waals surface area contributed by atoms with E-state index in [1.807, 2.05) is 43.3 Å². The van der Waals surface area contributed by atoms with Crippen molar-refractivity contribution in [2.45, 2.75) is 13.3 Å². The first kappa shape index (κ1) is 16.6. The third kappa shape index (κ3) is 4.17. The molecule has 1 aliphatic heterocycles. The molecule has 0 saturated heterocycles. The van der Waals surface area contributed by atoms with E-state index in [4.69, 9.17) is 9.47 Å². The number of hydrogen-bond donors (Lipinski definition) is 1. The van der Waals surface area contributed by atoms with E-state index >= 15 is 0 Å². The van der Waals surface area contributed by atoms with Gasteiger partial charge in [-0.1, -0.05) is 22.0 Å². The van der Waals surface area contributed by atoms with Crippen molar-refractivity contribution in [3.05, 3.63) is 58.1 Å². The fourth-order valence-corrected chi connectivity index (χ4v) is 2.87. The Morgan fingerprint density at radius 2 is 1.92 bits per heavy atom. The Bertz CT molecular complexity index is 786. The standard InChI is InChI=1S/C19H18BrNO3/c1-13-11-15(20)5-6-16(13)21-19(22)8-4-14-3-7-17-18(12-14)24-10-2-9-23-17/h3-8,11-12H,2,9-10H2,1H3,(H,21,22). The number of carbonyl (C=O) groups excluding carboxylic acids is 1. The molecule has 0 fully saturated rings. The Morgan fingerprint density at radius 1 is 1.12 bits per heavy atom. The van der Waals surface area contributed by atoms with Gasteiger partial charge in [0.2, 0.25) is 5.91 Å². The van der Waals surface area contributed by atoms with Gasteiger partial charge in [-0.3, -0.25) is 4.79 Å². The highest BCUT2D eigenvalue weighted by atomic mass is 79.9. The summed E-state index contributed by atoms with van der Waals surface area (Å²) in [5.74, 6) is 1.30. The van der Waals surface area contributed by atoms with Gasteiger partial charge < -0.3 is 14.8 Å². The van der Waals surface area contributed by atoms with Gasteiger partial charge in [0.15, 0.2) is 11.5 Å². The van der Waals surface area contributed by atoms with Crippen molar-refractivity contribution >= 4 is 33.6 Å². The highest BCUT2D eigenvalue weighted by Gasteiger charge is 2.10. The smallest absolute Gasteiger partial charge is 0.248 e. The lowest BCUT2D eigenvalue weighted by Crippen LogP contribution is -2.08. The van der Waals surface area contributed by atoms with E-state index in [-0.39, 0.29) is 5.91 Å². The molecule has 5 heteroatoms. The number of halogens is 1. The van der Waals surface area contributed by atoms with Crippen molar-refractivity contribution < 1.29 is 14.3 Å². The summed E-state index contributed by atoms with van der Waals surface area (Å²) < 4.78 is 12.2. The minimum Gasteiger partial charge on any atom is -0.490 e. The maximum atomic E-state index is 12.1. The molecule has 4 nitrogen and oxygen atoms in total. The first-order valence-electron chi connectivity index (χ1n) is 7.77. The van der Waals surface area contributed by atoms with Crippen LogP contribution in [-0.2, 0) is 4.79 Å². The van der Waals surface area contributed by atoms with E-state index in [0.29, 0.717) is 13.2 Å². The Morgan fingerprint density at radius 3 is 2.71 bits per heavy atom. The lowest BCUT2D eigenvalue weighted by atomic mass is 10.1. The summed E-state index contributed by atoms with van der Waals surface area (Å²) in [4.78, 5) is 12.1. The lowest BCUT2D eigenvalue weighted by molar-refractivity contribution is -0.111. The zero-order valence-electron chi connectivity index (χ0n) is 13.3. The Balaban J connectivity index is 1.69. The molecule has 124 valence electrons. The van der Waals surface area contributed by atoms with Gasteiger partial charge in [0.25, 0.3) is 0 Å². The van der Waals surface area contributed by atoms with Gasteiger partial charge in [0.1, 0.15) is 0 Å². The van der Waals surface area contributed by atoms with Gasteiger partial charge in [-0.25, -0.2) is 0 Å². The molecule has 0 aliphatic carbocycles. The number of rotatable bonds is 3. The van der Waals surface area contributed by atoms with Gasteiger partial charge >= 0.3 is 0 Å². The summed E-state index contributed by atoms with van der Waals surface area (Å²) in [5, 5.41) is 2.88. The fraction of sp³-hybridized carbons (Fsp3) is 0.211. The van der Waals surface area contributed by atoms with Crippen LogP contribution >= 0.6 is 15.9 Å². The molecular formula is C19H18BrNO3. The zero-order valence-corrected chi connectivity index (χ0v) is 14.9. The molecule has 1 amide bonds. The highest BCUT2D eigenvalue weighted by molar-refractivity contribution is 9.10. The molecule has 0 unspecified atom stereocenters. The quantitative estimate of drug-likeness (QED) is 0.784. The maximum absolute atomic E-state index is 12.1. The molecule has 0 spiro atoms. The van der Waals surface area contributed by atoms with E-state index in [2.05, 4.69) is 21.2 Å². The predicted molar refractivity (Wildman–Crippen MR) is 98.6 cm³/mol. The van der Waals surface area contributed by atoms with Crippen LogP contribution in [0.1, 0.15) is 17.5 Å². The van der Waals surface area contributed by atoms with E-state index in [9.17, 15) is 4.79 Å². The predicted octanol–water partition coefficient (Wildman–Crippen LogP) is 4.57. The molecule has 2 aromatic carbocycles. The van der Waals surface area contributed by atoms with Crippen LogP contribution in [0.4, 0.5) is 5.69 Å². The minimum absolute atomic E-state index is 0.174. The lowest BCUT2D eigenvalue weighted by Gasteiger charge is -2.08. The average Bonchev–Trinajstić information content (AvgIpc) is 2.80. The largest absolute Gasteiger partial charge is 0.490 e. The van der Waals surface area contributed by atoms with Gasteiger partial charge in [-0.05, 0) is 54.5 Å². The van der Waals surface area contributed by atoms with Crippen LogP contribution in [0, 0.1) is 6.92 Å². The van der Waals surface area contributed by atoms with Crippen LogP contribution in [0.15, 0.2) is 46.9 Å². The van der Waals surface area contributed by atoms with E-state index < -0.39 is 0 Å². The summed E-state index contributed by atoms with van der Waals surface area (Å²) in [6.07, 6.45) is 4.15. The Hall–Kier alpha value is -2.27. The van der Waals surface area contributed by atoms with Crippen LogP contribution in [0.3, 0.4) is 0 Å². The molecule has 1 N–H and O–H groups in total. The van der Waals surface area contributed by atoms with Crippen LogP contribution in [0.5, 0.6) is 11.5 Å². The zero-order chi connectivity index (χ0) is 16.9. The average molecular weight is 388 g/mol. The second-order valence-electron chi connectivity index (χ2n) is 5.54. The van der Waals surface area contributed by atoms with Gasteiger partial charge in [-0.15, -0.1) is 0 Å².